The quantitative estimate of drug-likeness (QED) is 0.865. The maximum Gasteiger partial charge on any atom is 0.0570 e. The average Bonchev–Trinajstić information content (AvgIpc) is 2.39. The highest BCUT2D eigenvalue weighted by molar-refractivity contribution is 5.21. The second kappa shape index (κ2) is 5.60. The molecule has 0 aliphatic rings. The van der Waals surface area contributed by atoms with E-state index in [9.17, 15) is 0 Å². The SMILES string of the molecule is Cc1ccc(CN[C@H](C)c2ccccn2)cc1. The van der Waals surface area contributed by atoms with Gasteiger partial charge in [-0.2, -0.15) is 0 Å². The van der Waals surface area contributed by atoms with E-state index in [2.05, 4.69) is 48.4 Å². The molecule has 2 aromatic rings. The summed E-state index contributed by atoms with van der Waals surface area (Å²) in [4.78, 5) is 4.34. The van der Waals surface area contributed by atoms with Crippen LogP contribution in [0.25, 0.3) is 0 Å². The van der Waals surface area contributed by atoms with Crippen LogP contribution in [0.3, 0.4) is 0 Å². The molecule has 2 nitrogen and oxygen atoms in total. The number of benzene rings is 1. The Kier molecular flexibility index (Phi) is 3.89. The Morgan fingerprint density at radius 3 is 2.53 bits per heavy atom. The van der Waals surface area contributed by atoms with E-state index in [-0.39, 0.29) is 6.04 Å². The van der Waals surface area contributed by atoms with Gasteiger partial charge in [-0.15, -0.1) is 0 Å². The Bertz CT molecular complexity index is 448. The fourth-order valence-corrected chi connectivity index (χ4v) is 1.71. The van der Waals surface area contributed by atoms with Gasteiger partial charge in [0.2, 0.25) is 0 Å². The van der Waals surface area contributed by atoms with E-state index in [0.29, 0.717) is 0 Å². The molecule has 0 aliphatic carbocycles. The molecule has 0 amide bonds. The normalized spacial score (nSPS) is 12.4. The maximum absolute atomic E-state index is 4.34. The first kappa shape index (κ1) is 11.8. The Labute approximate surface area is 103 Å². The predicted octanol–water partition coefficient (Wildman–Crippen LogP) is 3.24. The molecule has 0 saturated carbocycles. The van der Waals surface area contributed by atoms with Crippen LogP contribution in [0.2, 0.25) is 0 Å². The molecular formula is C15H18N2. The van der Waals surface area contributed by atoms with E-state index in [1.807, 2.05) is 24.4 Å². The number of pyridine rings is 1. The minimum absolute atomic E-state index is 0.275. The highest BCUT2D eigenvalue weighted by Crippen LogP contribution is 2.10. The van der Waals surface area contributed by atoms with Crippen LogP contribution in [0, 0.1) is 6.92 Å². The van der Waals surface area contributed by atoms with Crippen molar-refractivity contribution in [2.45, 2.75) is 26.4 Å². The van der Waals surface area contributed by atoms with E-state index < -0.39 is 0 Å². The third kappa shape index (κ3) is 3.40. The molecule has 0 aliphatic heterocycles. The number of aryl methyl sites for hydroxylation is 1. The van der Waals surface area contributed by atoms with E-state index in [1.54, 1.807) is 0 Å². The first-order chi connectivity index (χ1) is 8.25. The molecule has 1 heterocycles. The van der Waals surface area contributed by atoms with Gasteiger partial charge in [-0.3, -0.25) is 4.98 Å². The number of nitrogens with zero attached hydrogens (tertiary/aromatic N) is 1. The van der Waals surface area contributed by atoms with Gasteiger partial charge in [0.05, 0.1) is 5.69 Å². The minimum atomic E-state index is 0.275. The number of hydrogen-bond donors (Lipinski definition) is 1. The molecule has 1 aromatic heterocycles. The first-order valence-electron chi connectivity index (χ1n) is 5.95. The van der Waals surface area contributed by atoms with Gasteiger partial charge in [-0.1, -0.05) is 35.9 Å². The minimum Gasteiger partial charge on any atom is -0.305 e. The van der Waals surface area contributed by atoms with Crippen LogP contribution >= 0.6 is 0 Å². The van der Waals surface area contributed by atoms with Crippen LogP contribution in [0.1, 0.15) is 29.8 Å². The second-order valence-corrected chi connectivity index (χ2v) is 4.34. The van der Waals surface area contributed by atoms with E-state index in [0.717, 1.165) is 12.2 Å². The third-order valence-electron chi connectivity index (χ3n) is 2.86. The summed E-state index contributed by atoms with van der Waals surface area (Å²) in [5, 5.41) is 3.47. The fourth-order valence-electron chi connectivity index (χ4n) is 1.71. The average molecular weight is 226 g/mol. The zero-order valence-corrected chi connectivity index (χ0v) is 10.4. The monoisotopic (exact) mass is 226 g/mol. The largest absolute Gasteiger partial charge is 0.305 e. The summed E-state index contributed by atoms with van der Waals surface area (Å²) < 4.78 is 0. The van der Waals surface area contributed by atoms with Crippen molar-refractivity contribution < 1.29 is 0 Å². The van der Waals surface area contributed by atoms with Gasteiger partial charge in [0, 0.05) is 18.8 Å². The molecule has 0 spiro atoms. The van der Waals surface area contributed by atoms with Crippen LogP contribution in [0.5, 0.6) is 0 Å². The van der Waals surface area contributed by atoms with Gasteiger partial charge >= 0.3 is 0 Å². The van der Waals surface area contributed by atoms with Gasteiger partial charge in [0.15, 0.2) is 0 Å². The molecule has 0 fully saturated rings. The number of rotatable bonds is 4. The topological polar surface area (TPSA) is 24.9 Å². The van der Waals surface area contributed by atoms with Crippen LogP contribution in [0.15, 0.2) is 48.7 Å². The molecule has 0 unspecified atom stereocenters. The van der Waals surface area contributed by atoms with Gasteiger partial charge in [-0.05, 0) is 31.5 Å². The highest BCUT2D eigenvalue weighted by Gasteiger charge is 2.04. The van der Waals surface area contributed by atoms with E-state index >= 15 is 0 Å². The lowest BCUT2D eigenvalue weighted by molar-refractivity contribution is 0.561. The standard InChI is InChI=1S/C15H18N2/c1-12-6-8-14(9-7-12)11-17-13(2)15-5-3-4-10-16-15/h3-10,13,17H,11H2,1-2H3/t13-/m1/s1. The molecule has 0 radical (unpaired) electrons. The Morgan fingerprint density at radius 1 is 1.12 bits per heavy atom. The molecule has 1 atom stereocenters. The van der Waals surface area contributed by atoms with Gasteiger partial charge in [0.1, 0.15) is 0 Å². The maximum atomic E-state index is 4.34. The van der Waals surface area contributed by atoms with Crippen molar-refractivity contribution in [3.05, 3.63) is 65.5 Å². The number of hydrogen-bond acceptors (Lipinski definition) is 2. The molecule has 0 bridgehead atoms. The van der Waals surface area contributed by atoms with E-state index in [1.165, 1.54) is 11.1 Å². The van der Waals surface area contributed by atoms with Crippen LogP contribution < -0.4 is 5.32 Å². The molecule has 1 N–H and O–H groups in total. The van der Waals surface area contributed by atoms with E-state index in [4.69, 9.17) is 0 Å². The predicted molar refractivity (Wildman–Crippen MR) is 70.7 cm³/mol. The van der Waals surface area contributed by atoms with Crippen molar-refractivity contribution in [3.8, 4) is 0 Å². The molecular weight excluding hydrogens is 208 g/mol. The summed E-state index contributed by atoms with van der Waals surface area (Å²) in [6.45, 7) is 5.11. The molecule has 88 valence electrons. The fraction of sp³-hybridized carbons (Fsp3) is 0.267. The molecule has 17 heavy (non-hydrogen) atoms. The Hall–Kier alpha value is -1.67. The zero-order valence-electron chi connectivity index (χ0n) is 10.4. The first-order valence-corrected chi connectivity index (χ1v) is 5.95. The Balaban J connectivity index is 1.92. The molecule has 2 heteroatoms. The van der Waals surface area contributed by atoms with Gasteiger partial charge in [-0.25, -0.2) is 0 Å². The van der Waals surface area contributed by atoms with Gasteiger partial charge < -0.3 is 5.32 Å². The lowest BCUT2D eigenvalue weighted by Gasteiger charge is -2.13. The summed E-state index contributed by atoms with van der Waals surface area (Å²) in [5.74, 6) is 0. The second-order valence-electron chi connectivity index (χ2n) is 4.34. The van der Waals surface area contributed by atoms with Crippen molar-refractivity contribution >= 4 is 0 Å². The molecule has 1 aromatic carbocycles. The molecule has 0 saturated heterocycles. The van der Waals surface area contributed by atoms with Gasteiger partial charge in [0.25, 0.3) is 0 Å². The summed E-state index contributed by atoms with van der Waals surface area (Å²) in [5.41, 5.74) is 3.68. The number of nitrogens with one attached hydrogen (secondary N) is 1. The van der Waals surface area contributed by atoms with Crippen molar-refractivity contribution in [3.63, 3.8) is 0 Å². The zero-order chi connectivity index (χ0) is 12.1. The lowest BCUT2D eigenvalue weighted by atomic mass is 10.1. The van der Waals surface area contributed by atoms with Crippen molar-refractivity contribution in [2.24, 2.45) is 0 Å². The molecule has 2 rings (SSSR count). The van der Waals surface area contributed by atoms with Crippen molar-refractivity contribution in [1.82, 2.24) is 10.3 Å². The smallest absolute Gasteiger partial charge is 0.0570 e. The van der Waals surface area contributed by atoms with Crippen LogP contribution in [-0.4, -0.2) is 4.98 Å². The van der Waals surface area contributed by atoms with Crippen LogP contribution in [0.4, 0.5) is 0 Å². The lowest BCUT2D eigenvalue weighted by Crippen LogP contribution is -2.18. The summed E-state index contributed by atoms with van der Waals surface area (Å²) in [6, 6.07) is 14.9. The highest BCUT2D eigenvalue weighted by atomic mass is 14.9. The third-order valence-corrected chi connectivity index (χ3v) is 2.86. The Morgan fingerprint density at radius 2 is 1.88 bits per heavy atom. The van der Waals surface area contributed by atoms with Crippen molar-refractivity contribution in [1.29, 1.82) is 0 Å². The summed E-state index contributed by atoms with van der Waals surface area (Å²) >= 11 is 0. The van der Waals surface area contributed by atoms with Crippen molar-refractivity contribution in [2.75, 3.05) is 0 Å². The number of aromatic nitrogens is 1. The van der Waals surface area contributed by atoms with Crippen LogP contribution in [-0.2, 0) is 6.54 Å². The summed E-state index contributed by atoms with van der Waals surface area (Å²) in [6.07, 6.45) is 1.83. The summed E-state index contributed by atoms with van der Waals surface area (Å²) in [7, 11) is 0.